The van der Waals surface area contributed by atoms with Crippen molar-refractivity contribution in [3.8, 4) is 0 Å². The molecule has 0 aromatic heterocycles. The molecule has 0 aliphatic heterocycles. The van der Waals surface area contributed by atoms with Crippen molar-refractivity contribution in [1.29, 1.82) is 0 Å². The van der Waals surface area contributed by atoms with Crippen molar-refractivity contribution in [2.75, 3.05) is 6.54 Å². The Morgan fingerprint density at radius 3 is 2.65 bits per heavy atom. The summed E-state index contributed by atoms with van der Waals surface area (Å²) < 4.78 is 0. The predicted octanol–water partition coefficient (Wildman–Crippen LogP) is 2.27. The largest absolute Gasteiger partial charge is 0.481 e. The zero-order chi connectivity index (χ0) is 12.8. The molecule has 3 N–H and O–H groups in total. The molecule has 0 spiro atoms. The highest BCUT2D eigenvalue weighted by Crippen LogP contribution is 2.62. The molecule has 3 heteroatoms. The monoisotopic (exact) mass is 237 g/mol. The van der Waals surface area contributed by atoms with Crippen molar-refractivity contribution in [2.24, 2.45) is 34.3 Å². The van der Waals surface area contributed by atoms with Crippen molar-refractivity contribution in [3.63, 3.8) is 0 Å². The third kappa shape index (κ3) is 1.71. The van der Waals surface area contributed by atoms with Gasteiger partial charge in [-0.2, -0.15) is 0 Å². The summed E-state index contributed by atoms with van der Waals surface area (Å²) in [5.41, 5.74) is 5.50. The topological polar surface area (TPSA) is 63.3 Å². The number of rotatable bonds is 3. The van der Waals surface area contributed by atoms with Crippen LogP contribution < -0.4 is 5.73 Å². The highest BCUT2D eigenvalue weighted by molar-refractivity contribution is 5.72. The number of carboxylic acids is 1. The minimum atomic E-state index is -0.693. The maximum atomic E-state index is 11.7. The van der Waals surface area contributed by atoms with Crippen LogP contribution in [0.1, 0.15) is 33.6 Å². The molecule has 17 heavy (non-hydrogen) atoms. The molecule has 4 atom stereocenters. The Labute approximate surface area is 103 Å². The molecule has 1 unspecified atom stereocenters. The first-order valence-electron chi connectivity index (χ1n) is 6.42. The third-order valence-corrected chi connectivity index (χ3v) is 4.66. The average molecular weight is 237 g/mol. The Balaban J connectivity index is 2.34. The van der Waals surface area contributed by atoms with E-state index in [-0.39, 0.29) is 16.7 Å². The number of carbonyl (C=O) groups is 1. The minimum absolute atomic E-state index is 0.220. The van der Waals surface area contributed by atoms with Crippen LogP contribution in [0.5, 0.6) is 0 Å². The molecular weight excluding hydrogens is 214 g/mol. The molecular formula is C14H23NO2. The molecule has 0 saturated heterocycles. The minimum Gasteiger partial charge on any atom is -0.481 e. The lowest BCUT2D eigenvalue weighted by Crippen LogP contribution is -2.59. The van der Waals surface area contributed by atoms with Crippen molar-refractivity contribution >= 4 is 5.97 Å². The van der Waals surface area contributed by atoms with Gasteiger partial charge in [-0.1, -0.05) is 32.9 Å². The first-order chi connectivity index (χ1) is 7.83. The van der Waals surface area contributed by atoms with Crippen LogP contribution in [0.4, 0.5) is 0 Å². The zero-order valence-electron chi connectivity index (χ0n) is 10.9. The van der Waals surface area contributed by atoms with E-state index in [0.29, 0.717) is 18.4 Å². The number of carboxylic acid groups (broad SMARTS) is 1. The highest BCUT2D eigenvalue weighted by atomic mass is 16.4. The standard InChI is InChI=1S/C14H23NO2/c1-13(2,3)11(12(16)17)14(8-15)7-9-5-4-6-10(9)14/h4,6,9-11H,5,7-8,15H2,1-3H3,(H,16,17)/t9-,10-,11?,14+/m0/s1. The quantitative estimate of drug-likeness (QED) is 0.740. The normalized spacial score (nSPS) is 37.4. The maximum absolute atomic E-state index is 11.7. The van der Waals surface area contributed by atoms with Crippen LogP contribution in [-0.2, 0) is 4.79 Å². The molecule has 0 radical (unpaired) electrons. The Morgan fingerprint density at radius 2 is 2.24 bits per heavy atom. The summed E-state index contributed by atoms with van der Waals surface area (Å²) in [5.74, 6) is -0.0266. The molecule has 0 heterocycles. The van der Waals surface area contributed by atoms with Gasteiger partial charge in [0.15, 0.2) is 0 Å². The molecule has 2 aliphatic rings. The van der Waals surface area contributed by atoms with Gasteiger partial charge in [-0.15, -0.1) is 0 Å². The van der Waals surface area contributed by atoms with E-state index in [1.807, 2.05) is 20.8 Å². The fourth-order valence-electron chi connectivity index (χ4n) is 4.17. The van der Waals surface area contributed by atoms with Gasteiger partial charge in [0.1, 0.15) is 0 Å². The SMILES string of the molecule is CC(C)(C)C(C(=O)O)[C@@]1(CN)C[C@@H]2CC=C[C@@H]21. The zero-order valence-corrected chi connectivity index (χ0v) is 10.9. The van der Waals surface area contributed by atoms with Gasteiger partial charge < -0.3 is 10.8 Å². The summed E-state index contributed by atoms with van der Waals surface area (Å²) in [7, 11) is 0. The summed E-state index contributed by atoms with van der Waals surface area (Å²) in [5, 5.41) is 9.58. The van der Waals surface area contributed by atoms with E-state index in [1.54, 1.807) is 0 Å². The molecule has 0 aromatic rings. The van der Waals surface area contributed by atoms with Gasteiger partial charge in [-0.05, 0) is 36.6 Å². The van der Waals surface area contributed by atoms with E-state index < -0.39 is 5.97 Å². The Kier molecular flexibility index (Phi) is 2.85. The van der Waals surface area contributed by atoms with Gasteiger partial charge >= 0.3 is 5.97 Å². The van der Waals surface area contributed by atoms with Crippen LogP contribution in [0, 0.1) is 28.6 Å². The Hall–Kier alpha value is -0.830. The van der Waals surface area contributed by atoms with Crippen LogP contribution in [0.15, 0.2) is 12.2 Å². The van der Waals surface area contributed by atoms with Gasteiger partial charge in [0.25, 0.3) is 0 Å². The van der Waals surface area contributed by atoms with Gasteiger partial charge in [-0.25, -0.2) is 0 Å². The van der Waals surface area contributed by atoms with Crippen molar-refractivity contribution in [2.45, 2.75) is 33.6 Å². The molecule has 1 saturated carbocycles. The van der Waals surface area contributed by atoms with Crippen LogP contribution >= 0.6 is 0 Å². The fourth-order valence-corrected chi connectivity index (χ4v) is 4.17. The number of fused-ring (bicyclic) bond motifs is 1. The van der Waals surface area contributed by atoms with Crippen LogP contribution in [0.2, 0.25) is 0 Å². The molecule has 0 amide bonds. The highest BCUT2D eigenvalue weighted by Gasteiger charge is 2.61. The summed E-state index contributed by atoms with van der Waals surface area (Å²) in [6, 6.07) is 0. The van der Waals surface area contributed by atoms with Crippen LogP contribution in [0.25, 0.3) is 0 Å². The Bertz CT molecular complexity index is 356. The summed E-state index contributed by atoms with van der Waals surface area (Å²) in [6.07, 6.45) is 6.45. The van der Waals surface area contributed by atoms with E-state index in [1.165, 1.54) is 0 Å². The van der Waals surface area contributed by atoms with E-state index in [0.717, 1.165) is 12.8 Å². The lowest BCUT2D eigenvalue weighted by molar-refractivity contribution is -0.166. The van der Waals surface area contributed by atoms with Crippen molar-refractivity contribution < 1.29 is 9.90 Å². The van der Waals surface area contributed by atoms with Crippen LogP contribution in [-0.4, -0.2) is 17.6 Å². The van der Waals surface area contributed by atoms with E-state index in [2.05, 4.69) is 12.2 Å². The van der Waals surface area contributed by atoms with E-state index in [4.69, 9.17) is 5.73 Å². The number of aliphatic carboxylic acids is 1. The summed E-state index contributed by atoms with van der Waals surface area (Å²) >= 11 is 0. The third-order valence-electron chi connectivity index (χ3n) is 4.66. The second kappa shape index (κ2) is 3.84. The molecule has 96 valence electrons. The van der Waals surface area contributed by atoms with Crippen molar-refractivity contribution in [3.05, 3.63) is 12.2 Å². The first-order valence-corrected chi connectivity index (χ1v) is 6.42. The van der Waals surface area contributed by atoms with Crippen molar-refractivity contribution in [1.82, 2.24) is 0 Å². The van der Waals surface area contributed by atoms with Gasteiger partial charge in [0.05, 0.1) is 5.92 Å². The lowest BCUT2D eigenvalue weighted by atomic mass is 9.46. The van der Waals surface area contributed by atoms with Gasteiger partial charge in [0, 0.05) is 5.41 Å². The van der Waals surface area contributed by atoms with Gasteiger partial charge in [0.2, 0.25) is 0 Å². The molecule has 2 aliphatic carbocycles. The van der Waals surface area contributed by atoms with Gasteiger partial charge in [-0.3, -0.25) is 4.79 Å². The average Bonchev–Trinajstić information content (AvgIpc) is 2.54. The molecule has 2 rings (SSSR count). The molecule has 1 fully saturated rings. The summed E-state index contributed by atoms with van der Waals surface area (Å²) in [4.78, 5) is 11.7. The number of nitrogens with two attached hydrogens (primary N) is 1. The number of hydrogen-bond donors (Lipinski definition) is 2. The Morgan fingerprint density at radius 1 is 1.59 bits per heavy atom. The number of allylic oxidation sites excluding steroid dienone is 2. The molecule has 0 aromatic carbocycles. The van der Waals surface area contributed by atoms with E-state index >= 15 is 0 Å². The molecule has 3 nitrogen and oxygen atoms in total. The smallest absolute Gasteiger partial charge is 0.307 e. The molecule has 0 bridgehead atoms. The lowest BCUT2D eigenvalue weighted by Gasteiger charge is -2.58. The maximum Gasteiger partial charge on any atom is 0.307 e. The second-order valence-corrected chi connectivity index (χ2v) is 6.73. The summed E-state index contributed by atoms with van der Waals surface area (Å²) in [6.45, 7) is 6.51. The second-order valence-electron chi connectivity index (χ2n) is 6.73. The van der Waals surface area contributed by atoms with E-state index in [9.17, 15) is 9.90 Å². The van der Waals surface area contributed by atoms with Crippen LogP contribution in [0.3, 0.4) is 0 Å². The fraction of sp³-hybridized carbons (Fsp3) is 0.786. The number of hydrogen-bond acceptors (Lipinski definition) is 2. The predicted molar refractivity (Wildman–Crippen MR) is 67.4 cm³/mol. The first kappa shape index (κ1) is 12.6.